The molecule has 0 spiro atoms. The van der Waals surface area contributed by atoms with Gasteiger partial charge in [-0.05, 0) is 38.5 Å². The lowest BCUT2D eigenvalue weighted by molar-refractivity contribution is -0.149. The highest BCUT2D eigenvalue weighted by Gasteiger charge is 2.47. The number of carboxylic acid groups (broad SMARTS) is 1. The Morgan fingerprint density at radius 3 is 2.83 bits per heavy atom. The summed E-state index contributed by atoms with van der Waals surface area (Å²) >= 11 is 0. The molecule has 3 atom stereocenters. The Balaban J connectivity index is 1.60. The number of amides is 1. The van der Waals surface area contributed by atoms with Crippen molar-refractivity contribution in [2.45, 2.75) is 70.4 Å². The van der Waals surface area contributed by atoms with Crippen LogP contribution in [0.5, 0.6) is 0 Å². The molecule has 2 heterocycles. The fourth-order valence-corrected chi connectivity index (χ4v) is 4.00. The van der Waals surface area contributed by atoms with Gasteiger partial charge in [-0.3, -0.25) is 4.79 Å². The van der Waals surface area contributed by atoms with Gasteiger partial charge in [0.1, 0.15) is 6.04 Å². The largest absolute Gasteiger partial charge is 0.480 e. The van der Waals surface area contributed by atoms with Gasteiger partial charge in [0.25, 0.3) is 0 Å². The van der Waals surface area contributed by atoms with Gasteiger partial charge in [-0.1, -0.05) is 18.0 Å². The van der Waals surface area contributed by atoms with Gasteiger partial charge in [0.15, 0.2) is 5.82 Å². The minimum absolute atomic E-state index is 0.0527. The van der Waals surface area contributed by atoms with E-state index in [-0.39, 0.29) is 11.9 Å². The number of rotatable bonds is 5. The number of carbonyl (C=O) groups excluding carboxylic acids is 1. The van der Waals surface area contributed by atoms with Crippen molar-refractivity contribution in [2.24, 2.45) is 5.92 Å². The van der Waals surface area contributed by atoms with Crippen LogP contribution in [0.25, 0.3) is 0 Å². The lowest BCUT2D eigenvalue weighted by Gasteiger charge is -2.33. The van der Waals surface area contributed by atoms with Crippen LogP contribution in [0.3, 0.4) is 0 Å². The van der Waals surface area contributed by atoms with Crippen LogP contribution in [0.4, 0.5) is 0 Å². The van der Waals surface area contributed by atoms with Gasteiger partial charge in [0, 0.05) is 18.9 Å². The number of aromatic nitrogens is 2. The van der Waals surface area contributed by atoms with Gasteiger partial charge in [-0.2, -0.15) is 4.98 Å². The van der Waals surface area contributed by atoms with Crippen LogP contribution in [-0.4, -0.2) is 44.1 Å². The predicted octanol–water partition coefficient (Wildman–Crippen LogP) is 1.95. The summed E-state index contributed by atoms with van der Waals surface area (Å²) in [6.45, 7) is 1.75. The molecular formula is C16H23N3O4. The van der Waals surface area contributed by atoms with Gasteiger partial charge in [-0.15, -0.1) is 0 Å². The second-order valence-corrected chi connectivity index (χ2v) is 6.59. The van der Waals surface area contributed by atoms with Crippen LogP contribution in [0, 0.1) is 12.8 Å². The Bertz CT molecular complexity index is 586. The van der Waals surface area contributed by atoms with E-state index in [9.17, 15) is 14.7 Å². The van der Waals surface area contributed by atoms with Gasteiger partial charge in [0.05, 0.1) is 0 Å². The molecule has 0 radical (unpaired) electrons. The second-order valence-electron chi connectivity index (χ2n) is 6.59. The van der Waals surface area contributed by atoms with E-state index in [1.54, 1.807) is 11.8 Å². The van der Waals surface area contributed by atoms with E-state index >= 15 is 0 Å². The minimum atomic E-state index is -0.875. The molecule has 2 aliphatic rings. The number of carboxylic acids is 1. The van der Waals surface area contributed by atoms with Crippen molar-refractivity contribution in [3.8, 4) is 0 Å². The van der Waals surface area contributed by atoms with Crippen LogP contribution in [-0.2, 0) is 16.0 Å². The van der Waals surface area contributed by atoms with E-state index in [4.69, 9.17) is 4.52 Å². The molecule has 1 aromatic rings. The standard InChI is InChI=1S/C16H23N3O4/c1-10-17-14(23-18-10)7-4-8-15(20)19-12-6-3-2-5-11(12)9-13(19)16(21)22/h11-13H,2-9H2,1H3,(H,21,22)/t11-,12-,13+/m1/s1. The van der Waals surface area contributed by atoms with Crippen LogP contribution in [0.15, 0.2) is 4.52 Å². The predicted molar refractivity (Wildman–Crippen MR) is 80.6 cm³/mol. The highest BCUT2D eigenvalue weighted by atomic mass is 16.5. The summed E-state index contributed by atoms with van der Waals surface area (Å²) in [6.07, 6.45) is 6.28. The summed E-state index contributed by atoms with van der Waals surface area (Å²) in [6, 6.07) is -0.538. The number of fused-ring (bicyclic) bond motifs is 1. The van der Waals surface area contributed by atoms with Crippen molar-refractivity contribution >= 4 is 11.9 Å². The number of carbonyl (C=O) groups is 2. The summed E-state index contributed by atoms with van der Waals surface area (Å²) in [5.74, 6) is 0.541. The molecule has 1 saturated heterocycles. The van der Waals surface area contributed by atoms with Crippen LogP contribution in [0.1, 0.15) is 56.7 Å². The van der Waals surface area contributed by atoms with Crippen molar-refractivity contribution in [2.75, 3.05) is 0 Å². The summed E-state index contributed by atoms with van der Waals surface area (Å²) in [7, 11) is 0. The van der Waals surface area contributed by atoms with Crippen LogP contribution < -0.4 is 0 Å². The molecule has 7 nitrogen and oxygen atoms in total. The van der Waals surface area contributed by atoms with Gasteiger partial charge < -0.3 is 14.5 Å². The van der Waals surface area contributed by atoms with E-state index in [2.05, 4.69) is 10.1 Å². The highest BCUT2D eigenvalue weighted by Crippen LogP contribution is 2.40. The molecule has 3 rings (SSSR count). The van der Waals surface area contributed by atoms with E-state index < -0.39 is 12.0 Å². The second kappa shape index (κ2) is 6.68. The molecule has 1 saturated carbocycles. The molecule has 23 heavy (non-hydrogen) atoms. The quantitative estimate of drug-likeness (QED) is 0.890. The minimum Gasteiger partial charge on any atom is -0.480 e. The highest BCUT2D eigenvalue weighted by molar-refractivity contribution is 5.84. The Morgan fingerprint density at radius 1 is 1.35 bits per heavy atom. The van der Waals surface area contributed by atoms with E-state index in [0.717, 1.165) is 25.7 Å². The Morgan fingerprint density at radius 2 is 2.13 bits per heavy atom. The third kappa shape index (κ3) is 3.38. The first-order valence-electron chi connectivity index (χ1n) is 8.39. The third-order valence-corrected chi connectivity index (χ3v) is 5.01. The molecule has 1 aliphatic carbocycles. The van der Waals surface area contributed by atoms with Crippen molar-refractivity contribution in [3.05, 3.63) is 11.7 Å². The fourth-order valence-electron chi connectivity index (χ4n) is 4.00. The maximum absolute atomic E-state index is 12.6. The molecule has 1 N–H and O–H groups in total. The van der Waals surface area contributed by atoms with Crippen LogP contribution in [0.2, 0.25) is 0 Å². The molecule has 1 aliphatic heterocycles. The van der Waals surface area contributed by atoms with Crippen molar-refractivity contribution < 1.29 is 19.2 Å². The van der Waals surface area contributed by atoms with E-state index in [0.29, 0.717) is 43.3 Å². The van der Waals surface area contributed by atoms with Gasteiger partial charge in [0.2, 0.25) is 11.8 Å². The van der Waals surface area contributed by atoms with Gasteiger partial charge >= 0.3 is 5.97 Å². The Labute approximate surface area is 135 Å². The zero-order valence-corrected chi connectivity index (χ0v) is 13.4. The molecule has 0 aromatic carbocycles. The number of hydrogen-bond acceptors (Lipinski definition) is 5. The molecule has 7 heteroatoms. The normalized spacial score (nSPS) is 27.0. The number of hydrogen-bond donors (Lipinski definition) is 1. The smallest absolute Gasteiger partial charge is 0.326 e. The first kappa shape index (κ1) is 16.0. The molecule has 2 fully saturated rings. The lowest BCUT2D eigenvalue weighted by Crippen LogP contribution is -2.46. The maximum atomic E-state index is 12.6. The van der Waals surface area contributed by atoms with Gasteiger partial charge in [-0.25, -0.2) is 4.79 Å². The van der Waals surface area contributed by atoms with Crippen molar-refractivity contribution in [1.29, 1.82) is 0 Å². The monoisotopic (exact) mass is 321 g/mol. The molecule has 126 valence electrons. The maximum Gasteiger partial charge on any atom is 0.326 e. The fraction of sp³-hybridized carbons (Fsp3) is 0.750. The number of likely N-dealkylation sites (tertiary alicyclic amines) is 1. The molecular weight excluding hydrogens is 298 g/mol. The summed E-state index contributed by atoms with van der Waals surface area (Å²) in [5, 5.41) is 13.2. The molecule has 1 aromatic heterocycles. The Hall–Kier alpha value is -1.92. The SMILES string of the molecule is Cc1noc(CCCC(=O)N2[C@@H]3CCCC[C@@H]3C[C@H]2C(=O)O)n1. The average molecular weight is 321 g/mol. The zero-order chi connectivity index (χ0) is 16.4. The number of aliphatic carboxylic acids is 1. The summed E-state index contributed by atoms with van der Waals surface area (Å²) in [4.78, 5) is 29.9. The topological polar surface area (TPSA) is 96.5 Å². The zero-order valence-electron chi connectivity index (χ0n) is 13.4. The molecule has 0 unspecified atom stereocenters. The summed E-state index contributed by atoms with van der Waals surface area (Å²) < 4.78 is 5.04. The first-order valence-corrected chi connectivity index (χ1v) is 8.39. The Kier molecular flexibility index (Phi) is 4.63. The lowest BCUT2D eigenvalue weighted by atomic mass is 9.84. The average Bonchev–Trinajstić information content (AvgIpc) is 3.10. The van der Waals surface area contributed by atoms with Crippen LogP contribution >= 0.6 is 0 Å². The van der Waals surface area contributed by atoms with Crippen molar-refractivity contribution in [1.82, 2.24) is 15.0 Å². The molecule has 0 bridgehead atoms. The summed E-state index contributed by atoms with van der Waals surface area (Å²) in [5.41, 5.74) is 0. The number of aryl methyl sites for hydroxylation is 2. The van der Waals surface area contributed by atoms with E-state index in [1.807, 2.05) is 0 Å². The number of nitrogens with zero attached hydrogens (tertiary/aromatic N) is 3. The third-order valence-electron chi connectivity index (χ3n) is 5.01. The molecule has 1 amide bonds. The first-order chi connectivity index (χ1) is 11.1. The van der Waals surface area contributed by atoms with Crippen molar-refractivity contribution in [3.63, 3.8) is 0 Å². The van der Waals surface area contributed by atoms with E-state index in [1.165, 1.54) is 0 Å².